The summed E-state index contributed by atoms with van der Waals surface area (Å²) in [6.07, 6.45) is 3.28. The summed E-state index contributed by atoms with van der Waals surface area (Å²) in [5.41, 5.74) is 2.55. The van der Waals surface area contributed by atoms with Crippen molar-refractivity contribution >= 4 is 17.4 Å². The molecule has 1 amide bonds. The summed E-state index contributed by atoms with van der Waals surface area (Å²) < 4.78 is 16.5. The Bertz CT molecular complexity index is 1320. The molecule has 1 aliphatic rings. The summed E-state index contributed by atoms with van der Waals surface area (Å²) in [6, 6.07) is 13.1. The zero-order chi connectivity index (χ0) is 25.8. The third-order valence-corrected chi connectivity index (χ3v) is 6.09. The van der Waals surface area contributed by atoms with E-state index < -0.39 is 17.7 Å². The van der Waals surface area contributed by atoms with Gasteiger partial charge in [0, 0.05) is 24.5 Å². The van der Waals surface area contributed by atoms with Crippen LogP contribution in [-0.4, -0.2) is 47.5 Å². The van der Waals surface area contributed by atoms with Gasteiger partial charge >= 0.3 is 0 Å². The minimum absolute atomic E-state index is 0.000305. The first kappa shape index (κ1) is 24.8. The van der Waals surface area contributed by atoms with E-state index in [1.54, 1.807) is 62.0 Å². The molecular formula is C28H28N2O6. The third-order valence-electron chi connectivity index (χ3n) is 6.09. The van der Waals surface area contributed by atoms with Crippen molar-refractivity contribution in [2.45, 2.75) is 26.4 Å². The van der Waals surface area contributed by atoms with Gasteiger partial charge < -0.3 is 24.2 Å². The second-order valence-corrected chi connectivity index (χ2v) is 8.32. The van der Waals surface area contributed by atoms with Crippen LogP contribution in [-0.2, 0) is 16.1 Å². The number of amides is 1. The molecule has 2 aromatic carbocycles. The minimum Gasteiger partial charge on any atom is -0.507 e. The van der Waals surface area contributed by atoms with Crippen molar-refractivity contribution in [2.24, 2.45) is 0 Å². The van der Waals surface area contributed by atoms with E-state index in [-0.39, 0.29) is 17.9 Å². The van der Waals surface area contributed by atoms with Crippen LogP contribution in [0.2, 0.25) is 0 Å². The summed E-state index contributed by atoms with van der Waals surface area (Å²) in [7, 11) is 3.08. The maximum atomic E-state index is 13.3. The lowest BCUT2D eigenvalue weighted by molar-refractivity contribution is -0.140. The number of benzene rings is 2. The van der Waals surface area contributed by atoms with Gasteiger partial charge in [-0.25, -0.2) is 0 Å². The van der Waals surface area contributed by atoms with Crippen molar-refractivity contribution in [1.82, 2.24) is 9.88 Å². The topological polar surface area (TPSA) is 98.2 Å². The number of aryl methyl sites for hydroxylation is 1. The molecule has 8 nitrogen and oxygen atoms in total. The predicted molar refractivity (Wildman–Crippen MR) is 134 cm³/mol. The molecular weight excluding hydrogens is 460 g/mol. The molecule has 186 valence electrons. The van der Waals surface area contributed by atoms with Crippen LogP contribution in [0.25, 0.3) is 5.76 Å². The molecule has 1 saturated heterocycles. The number of Topliss-reactive ketones (excluding diaryl/α,β-unsaturated/α-hetero) is 1. The van der Waals surface area contributed by atoms with Gasteiger partial charge in [-0.05, 0) is 66.9 Å². The Kier molecular flexibility index (Phi) is 7.24. The quantitative estimate of drug-likeness (QED) is 0.285. The molecule has 0 spiro atoms. The first-order valence-electron chi connectivity index (χ1n) is 11.5. The fourth-order valence-corrected chi connectivity index (χ4v) is 4.39. The smallest absolute Gasteiger partial charge is 0.295 e. The van der Waals surface area contributed by atoms with E-state index in [0.717, 1.165) is 11.1 Å². The molecule has 4 rings (SSSR count). The molecule has 1 aliphatic heterocycles. The van der Waals surface area contributed by atoms with Crippen LogP contribution in [0.5, 0.6) is 17.2 Å². The second-order valence-electron chi connectivity index (χ2n) is 8.32. The molecule has 0 radical (unpaired) electrons. The molecule has 1 N–H and O–H groups in total. The van der Waals surface area contributed by atoms with E-state index in [0.29, 0.717) is 35.0 Å². The van der Waals surface area contributed by atoms with Gasteiger partial charge in [-0.2, -0.15) is 0 Å². The van der Waals surface area contributed by atoms with Gasteiger partial charge in [0.15, 0.2) is 11.5 Å². The van der Waals surface area contributed by atoms with Crippen molar-refractivity contribution in [1.29, 1.82) is 0 Å². The van der Waals surface area contributed by atoms with Gasteiger partial charge in [-0.1, -0.05) is 12.1 Å². The highest BCUT2D eigenvalue weighted by atomic mass is 16.5. The minimum atomic E-state index is -0.850. The Morgan fingerprint density at radius 3 is 2.42 bits per heavy atom. The number of aromatic nitrogens is 1. The van der Waals surface area contributed by atoms with Crippen LogP contribution in [0, 0.1) is 6.92 Å². The first-order valence-corrected chi connectivity index (χ1v) is 11.5. The Balaban J connectivity index is 1.89. The number of methoxy groups -OCH3 is 2. The first-order chi connectivity index (χ1) is 17.4. The van der Waals surface area contributed by atoms with Crippen LogP contribution < -0.4 is 14.2 Å². The number of pyridine rings is 1. The van der Waals surface area contributed by atoms with E-state index in [1.807, 2.05) is 19.9 Å². The Labute approximate surface area is 209 Å². The number of aliphatic hydroxyl groups is 1. The van der Waals surface area contributed by atoms with E-state index in [4.69, 9.17) is 14.2 Å². The van der Waals surface area contributed by atoms with E-state index >= 15 is 0 Å². The lowest BCUT2D eigenvalue weighted by atomic mass is 9.94. The van der Waals surface area contributed by atoms with Crippen LogP contribution in [0.1, 0.15) is 35.2 Å². The van der Waals surface area contributed by atoms with Crippen molar-refractivity contribution in [3.63, 3.8) is 0 Å². The Hall–Kier alpha value is -4.33. The van der Waals surface area contributed by atoms with Gasteiger partial charge in [-0.3, -0.25) is 14.6 Å². The van der Waals surface area contributed by atoms with Crippen molar-refractivity contribution in [3.8, 4) is 17.2 Å². The second kappa shape index (κ2) is 10.5. The average molecular weight is 489 g/mol. The van der Waals surface area contributed by atoms with Crippen molar-refractivity contribution in [2.75, 3.05) is 20.8 Å². The van der Waals surface area contributed by atoms with Crippen molar-refractivity contribution in [3.05, 3.63) is 88.8 Å². The monoisotopic (exact) mass is 488 g/mol. The highest BCUT2D eigenvalue weighted by molar-refractivity contribution is 6.46. The number of ketones is 1. The molecule has 36 heavy (non-hydrogen) atoms. The fraction of sp³-hybridized carbons (Fsp3) is 0.250. The van der Waals surface area contributed by atoms with Crippen LogP contribution in [0.15, 0.2) is 66.5 Å². The van der Waals surface area contributed by atoms with Gasteiger partial charge in [0.25, 0.3) is 11.7 Å². The fourth-order valence-electron chi connectivity index (χ4n) is 4.39. The molecule has 8 heteroatoms. The van der Waals surface area contributed by atoms with Gasteiger partial charge in [-0.15, -0.1) is 0 Å². The number of carbonyl (C=O) groups is 2. The van der Waals surface area contributed by atoms with Gasteiger partial charge in [0.1, 0.15) is 11.5 Å². The maximum absolute atomic E-state index is 13.3. The summed E-state index contributed by atoms with van der Waals surface area (Å²) in [5, 5.41) is 11.3. The average Bonchev–Trinajstić information content (AvgIpc) is 3.14. The SMILES string of the molecule is CCOc1ccc([C@H]2C(=C(O)c3ccc(OC)c(C)c3)C(=O)C(=O)N2Cc2cccnc2)cc1OC. The molecule has 2 heterocycles. The largest absolute Gasteiger partial charge is 0.507 e. The molecule has 1 atom stereocenters. The summed E-state index contributed by atoms with van der Waals surface area (Å²) in [6.45, 7) is 4.29. The molecule has 0 bridgehead atoms. The number of aliphatic hydroxyl groups excluding tert-OH is 1. The number of carbonyl (C=O) groups excluding carboxylic acids is 2. The normalized spacial score (nSPS) is 16.8. The third kappa shape index (κ3) is 4.62. The molecule has 0 unspecified atom stereocenters. The van der Waals surface area contributed by atoms with Crippen LogP contribution >= 0.6 is 0 Å². The predicted octanol–water partition coefficient (Wildman–Crippen LogP) is 4.43. The number of likely N-dealkylation sites (tertiary alicyclic amines) is 1. The highest BCUT2D eigenvalue weighted by Gasteiger charge is 2.46. The lowest BCUT2D eigenvalue weighted by Crippen LogP contribution is -2.29. The summed E-state index contributed by atoms with van der Waals surface area (Å²) in [4.78, 5) is 32.2. The Morgan fingerprint density at radius 1 is 1.03 bits per heavy atom. The maximum Gasteiger partial charge on any atom is 0.295 e. The van der Waals surface area contributed by atoms with E-state index in [9.17, 15) is 14.7 Å². The number of hydrogen-bond donors (Lipinski definition) is 1. The zero-order valence-corrected chi connectivity index (χ0v) is 20.6. The molecule has 1 fully saturated rings. The summed E-state index contributed by atoms with van der Waals surface area (Å²) in [5.74, 6) is -0.0754. The zero-order valence-electron chi connectivity index (χ0n) is 20.6. The number of nitrogens with zero attached hydrogens (tertiary/aromatic N) is 2. The molecule has 1 aromatic heterocycles. The van der Waals surface area contributed by atoms with Gasteiger partial charge in [0.05, 0.1) is 32.4 Å². The lowest BCUT2D eigenvalue weighted by Gasteiger charge is -2.26. The van der Waals surface area contributed by atoms with Gasteiger partial charge in [0.2, 0.25) is 0 Å². The molecule has 0 saturated carbocycles. The summed E-state index contributed by atoms with van der Waals surface area (Å²) >= 11 is 0. The standard InChI is InChI=1S/C28H28N2O6/c1-5-36-22-11-8-19(14-23(22)35-4)25-24(26(31)20-9-10-21(34-3)17(2)13-20)27(32)28(33)30(25)16-18-7-6-12-29-15-18/h6-15,25,31H,5,16H2,1-4H3/t25-/m0/s1. The molecule has 0 aliphatic carbocycles. The highest BCUT2D eigenvalue weighted by Crippen LogP contribution is 2.43. The number of ether oxygens (including phenoxy) is 3. The Morgan fingerprint density at radius 2 is 1.78 bits per heavy atom. The van der Waals surface area contributed by atoms with Crippen LogP contribution in [0.4, 0.5) is 0 Å². The molecule has 3 aromatic rings. The van der Waals surface area contributed by atoms with Crippen molar-refractivity contribution < 1.29 is 28.9 Å². The number of hydrogen-bond acceptors (Lipinski definition) is 7. The van der Waals surface area contributed by atoms with Crippen LogP contribution in [0.3, 0.4) is 0 Å². The van der Waals surface area contributed by atoms with E-state index in [2.05, 4.69) is 4.98 Å². The van der Waals surface area contributed by atoms with E-state index in [1.165, 1.54) is 12.0 Å². The number of rotatable bonds is 8.